The molecule has 0 saturated heterocycles. The summed E-state index contributed by atoms with van der Waals surface area (Å²) >= 11 is 0. The van der Waals surface area contributed by atoms with E-state index in [0.29, 0.717) is 11.4 Å². The summed E-state index contributed by atoms with van der Waals surface area (Å²) in [7, 11) is 1.51. The van der Waals surface area contributed by atoms with Crippen molar-refractivity contribution in [2.75, 3.05) is 0 Å². The van der Waals surface area contributed by atoms with Crippen molar-refractivity contribution in [1.82, 2.24) is 14.9 Å². The van der Waals surface area contributed by atoms with E-state index in [4.69, 9.17) is 0 Å². The molecule has 0 aliphatic rings. The molecule has 6 nitrogen and oxygen atoms in total. The van der Waals surface area contributed by atoms with Crippen molar-refractivity contribution >= 4 is 16.7 Å². The summed E-state index contributed by atoms with van der Waals surface area (Å²) < 4.78 is 1.23. The average Bonchev–Trinajstić information content (AvgIpc) is 2.76. The van der Waals surface area contributed by atoms with Gasteiger partial charge in [-0.25, -0.2) is 4.98 Å². The standard InChI is InChI=1S/C23H19N3O3/c1-26-21(17-8-3-2-4-9-17)25-19(20(27)23(26)29)22(28)24-14-15-11-12-16-7-5-6-10-18(16)13-15/h2-13,27H,14H2,1H3,(H,24,28). The van der Waals surface area contributed by atoms with Gasteiger partial charge in [0.05, 0.1) is 0 Å². The minimum atomic E-state index is -0.672. The molecule has 1 heterocycles. The molecule has 0 aliphatic carbocycles. The molecule has 144 valence electrons. The summed E-state index contributed by atoms with van der Waals surface area (Å²) in [6, 6.07) is 22.9. The molecule has 6 heteroatoms. The Morgan fingerprint density at radius 3 is 2.45 bits per heavy atom. The second-order valence-electron chi connectivity index (χ2n) is 6.73. The number of rotatable bonds is 4. The van der Waals surface area contributed by atoms with Gasteiger partial charge in [0.25, 0.3) is 11.5 Å². The summed E-state index contributed by atoms with van der Waals surface area (Å²) in [6.07, 6.45) is 0. The van der Waals surface area contributed by atoms with Gasteiger partial charge in [0.1, 0.15) is 5.82 Å². The first-order valence-corrected chi connectivity index (χ1v) is 9.16. The van der Waals surface area contributed by atoms with E-state index >= 15 is 0 Å². The van der Waals surface area contributed by atoms with Crippen molar-refractivity contribution in [2.45, 2.75) is 6.54 Å². The van der Waals surface area contributed by atoms with E-state index in [1.165, 1.54) is 11.6 Å². The smallest absolute Gasteiger partial charge is 0.296 e. The fourth-order valence-electron chi connectivity index (χ4n) is 3.21. The first-order valence-electron chi connectivity index (χ1n) is 9.16. The molecule has 0 bridgehead atoms. The molecule has 4 aromatic rings. The van der Waals surface area contributed by atoms with Gasteiger partial charge in [-0.1, -0.05) is 66.7 Å². The number of nitrogens with one attached hydrogen (secondary N) is 1. The normalized spacial score (nSPS) is 10.8. The summed E-state index contributed by atoms with van der Waals surface area (Å²) in [6.45, 7) is 0.251. The van der Waals surface area contributed by atoms with Crippen molar-refractivity contribution in [1.29, 1.82) is 0 Å². The lowest BCUT2D eigenvalue weighted by molar-refractivity contribution is 0.0942. The van der Waals surface area contributed by atoms with Gasteiger partial charge in [0.2, 0.25) is 5.75 Å². The fraction of sp³-hybridized carbons (Fsp3) is 0.0870. The fourth-order valence-corrected chi connectivity index (χ4v) is 3.21. The van der Waals surface area contributed by atoms with E-state index in [1.807, 2.05) is 60.7 Å². The summed E-state index contributed by atoms with van der Waals surface area (Å²) in [5, 5.41) is 15.1. The Hall–Kier alpha value is -3.93. The van der Waals surface area contributed by atoms with E-state index in [1.54, 1.807) is 12.1 Å². The largest absolute Gasteiger partial charge is 0.501 e. The Morgan fingerprint density at radius 2 is 1.69 bits per heavy atom. The SMILES string of the molecule is Cn1c(-c2ccccc2)nc(C(=O)NCc2ccc3ccccc3c2)c(O)c1=O. The number of hydrogen-bond acceptors (Lipinski definition) is 4. The molecule has 0 atom stereocenters. The zero-order valence-electron chi connectivity index (χ0n) is 15.8. The predicted octanol–water partition coefficient (Wildman–Crippen LogP) is 3.24. The van der Waals surface area contributed by atoms with Crippen molar-refractivity contribution < 1.29 is 9.90 Å². The van der Waals surface area contributed by atoms with Gasteiger partial charge < -0.3 is 10.4 Å². The quantitative estimate of drug-likeness (QED) is 0.565. The van der Waals surface area contributed by atoms with Gasteiger partial charge in [0, 0.05) is 19.2 Å². The zero-order valence-corrected chi connectivity index (χ0v) is 15.8. The van der Waals surface area contributed by atoms with E-state index in [2.05, 4.69) is 10.3 Å². The third-order valence-electron chi connectivity index (χ3n) is 4.78. The van der Waals surface area contributed by atoms with Gasteiger partial charge in [-0.05, 0) is 22.4 Å². The van der Waals surface area contributed by atoms with Gasteiger partial charge >= 0.3 is 0 Å². The number of nitrogens with zero attached hydrogens (tertiary/aromatic N) is 2. The Balaban J connectivity index is 1.62. The number of carbonyl (C=O) groups excluding carboxylic acids is 1. The van der Waals surface area contributed by atoms with Crippen molar-refractivity contribution in [3.05, 3.63) is 94.4 Å². The van der Waals surface area contributed by atoms with Gasteiger partial charge in [0.15, 0.2) is 5.69 Å². The molecule has 0 saturated carbocycles. The highest BCUT2D eigenvalue weighted by atomic mass is 16.3. The van der Waals surface area contributed by atoms with Crippen LogP contribution < -0.4 is 10.9 Å². The summed E-state index contributed by atoms with van der Waals surface area (Å²) in [5.74, 6) is -0.960. The minimum Gasteiger partial charge on any atom is -0.501 e. The lowest BCUT2D eigenvalue weighted by Gasteiger charge is -2.12. The van der Waals surface area contributed by atoms with Crippen LogP contribution in [0.25, 0.3) is 22.2 Å². The van der Waals surface area contributed by atoms with Crippen LogP contribution in [0.15, 0.2) is 77.6 Å². The number of benzene rings is 3. The van der Waals surface area contributed by atoms with E-state index < -0.39 is 17.2 Å². The molecule has 0 aliphatic heterocycles. The molecule has 0 radical (unpaired) electrons. The number of aromatic hydroxyl groups is 1. The highest BCUT2D eigenvalue weighted by Crippen LogP contribution is 2.19. The third kappa shape index (κ3) is 3.60. The number of hydrogen-bond donors (Lipinski definition) is 2. The van der Waals surface area contributed by atoms with Crippen LogP contribution in [0.2, 0.25) is 0 Å². The van der Waals surface area contributed by atoms with E-state index in [0.717, 1.165) is 16.3 Å². The van der Waals surface area contributed by atoms with E-state index in [9.17, 15) is 14.7 Å². The van der Waals surface area contributed by atoms with Crippen molar-refractivity contribution in [3.63, 3.8) is 0 Å². The second kappa shape index (κ2) is 7.59. The zero-order chi connectivity index (χ0) is 20.4. The molecule has 2 N–H and O–H groups in total. The highest BCUT2D eigenvalue weighted by Gasteiger charge is 2.20. The first-order chi connectivity index (χ1) is 14.0. The number of amides is 1. The highest BCUT2D eigenvalue weighted by molar-refractivity contribution is 5.95. The van der Waals surface area contributed by atoms with Crippen LogP contribution in [0.4, 0.5) is 0 Å². The van der Waals surface area contributed by atoms with Gasteiger partial charge in [-0.15, -0.1) is 0 Å². The second-order valence-corrected chi connectivity index (χ2v) is 6.73. The van der Waals surface area contributed by atoms with Crippen LogP contribution >= 0.6 is 0 Å². The van der Waals surface area contributed by atoms with Crippen LogP contribution in [0.3, 0.4) is 0 Å². The number of fused-ring (bicyclic) bond motifs is 1. The van der Waals surface area contributed by atoms with Crippen LogP contribution in [0.5, 0.6) is 5.75 Å². The van der Waals surface area contributed by atoms with Crippen molar-refractivity contribution in [2.24, 2.45) is 7.05 Å². The van der Waals surface area contributed by atoms with Gasteiger partial charge in [-0.2, -0.15) is 0 Å². The molecule has 4 rings (SSSR count). The maximum atomic E-state index is 12.7. The van der Waals surface area contributed by atoms with Crippen LogP contribution in [-0.2, 0) is 13.6 Å². The van der Waals surface area contributed by atoms with Crippen LogP contribution in [0, 0.1) is 0 Å². The Bertz CT molecular complexity index is 1260. The maximum Gasteiger partial charge on any atom is 0.296 e. The molecule has 0 spiro atoms. The lowest BCUT2D eigenvalue weighted by atomic mass is 10.1. The molecule has 3 aromatic carbocycles. The summed E-state index contributed by atoms with van der Waals surface area (Å²) in [5.41, 5.74) is 0.627. The first kappa shape index (κ1) is 18.4. The number of carbonyl (C=O) groups is 1. The maximum absolute atomic E-state index is 12.7. The molecule has 29 heavy (non-hydrogen) atoms. The molecular formula is C23H19N3O3. The molecule has 1 aromatic heterocycles. The van der Waals surface area contributed by atoms with Gasteiger partial charge in [-0.3, -0.25) is 14.2 Å². The van der Waals surface area contributed by atoms with E-state index in [-0.39, 0.29) is 12.2 Å². The van der Waals surface area contributed by atoms with Crippen LogP contribution in [-0.4, -0.2) is 20.6 Å². The molecule has 1 amide bonds. The monoisotopic (exact) mass is 385 g/mol. The topological polar surface area (TPSA) is 84.2 Å². The van der Waals surface area contributed by atoms with Crippen LogP contribution in [0.1, 0.15) is 16.1 Å². The lowest BCUT2D eigenvalue weighted by Crippen LogP contribution is -2.29. The third-order valence-corrected chi connectivity index (χ3v) is 4.78. The Labute approximate surface area is 167 Å². The predicted molar refractivity (Wildman–Crippen MR) is 112 cm³/mol. The Kier molecular flexibility index (Phi) is 4.83. The Morgan fingerprint density at radius 1 is 1.00 bits per heavy atom. The minimum absolute atomic E-state index is 0.251. The molecular weight excluding hydrogens is 366 g/mol. The molecule has 0 fully saturated rings. The van der Waals surface area contributed by atoms with Crippen molar-refractivity contribution in [3.8, 4) is 17.1 Å². The average molecular weight is 385 g/mol. The number of aromatic nitrogens is 2. The summed E-state index contributed by atoms with van der Waals surface area (Å²) in [4.78, 5) is 29.3. The molecule has 0 unspecified atom stereocenters.